The highest BCUT2D eigenvalue weighted by molar-refractivity contribution is 6.05. The predicted molar refractivity (Wildman–Crippen MR) is 116 cm³/mol. The highest BCUT2D eigenvalue weighted by Gasteiger charge is 2.33. The molecule has 1 aromatic carbocycles. The largest absolute Gasteiger partial charge is 0.433 e. The number of fused-ring (bicyclic) bond motifs is 1. The van der Waals surface area contributed by atoms with Crippen molar-refractivity contribution in [2.75, 3.05) is 11.9 Å². The number of hydrogen-bond acceptors (Lipinski definition) is 6. The second-order valence-electron chi connectivity index (χ2n) is 7.01. The number of pyridine rings is 1. The van der Waals surface area contributed by atoms with Gasteiger partial charge in [0.15, 0.2) is 5.82 Å². The smallest absolute Gasteiger partial charge is 0.381 e. The molecule has 166 valence electrons. The fourth-order valence-electron chi connectivity index (χ4n) is 3.09. The van der Waals surface area contributed by atoms with Crippen molar-refractivity contribution in [2.45, 2.75) is 26.9 Å². The molecule has 2 heterocycles. The van der Waals surface area contributed by atoms with Gasteiger partial charge in [-0.1, -0.05) is 0 Å². The van der Waals surface area contributed by atoms with Crippen LogP contribution in [0.1, 0.15) is 23.7 Å². The van der Waals surface area contributed by atoms with Crippen molar-refractivity contribution in [3.63, 3.8) is 0 Å². The summed E-state index contributed by atoms with van der Waals surface area (Å²) in [6, 6.07) is 6.15. The Kier molecular flexibility index (Phi) is 6.52. The van der Waals surface area contributed by atoms with Crippen LogP contribution >= 0.6 is 0 Å². The summed E-state index contributed by atoms with van der Waals surface area (Å²) in [4.78, 5) is 24.6. The lowest BCUT2D eigenvalue weighted by Gasteiger charge is -2.13. The van der Waals surface area contributed by atoms with Gasteiger partial charge < -0.3 is 16.0 Å². The number of carbonyl (C=O) groups excluding carboxylic acids is 1. The number of carbonyl (C=O) groups is 1. The molecule has 0 fully saturated rings. The van der Waals surface area contributed by atoms with E-state index in [0.717, 1.165) is 17.8 Å². The second-order valence-corrected chi connectivity index (χ2v) is 7.01. The zero-order valence-electron chi connectivity index (χ0n) is 17.6. The number of halogens is 3. The first-order valence-electron chi connectivity index (χ1n) is 9.72. The number of hydrogen-bond donors (Lipinski definition) is 3. The maximum Gasteiger partial charge on any atom is 0.433 e. The third-order valence-electron chi connectivity index (χ3n) is 4.62. The first-order chi connectivity index (χ1) is 15.1. The van der Waals surface area contributed by atoms with E-state index in [4.69, 9.17) is 5.41 Å². The zero-order valence-corrected chi connectivity index (χ0v) is 17.6. The maximum atomic E-state index is 13.0. The molecule has 0 aliphatic carbocycles. The molecule has 0 spiro atoms. The quantitative estimate of drug-likeness (QED) is 0.388. The number of anilines is 1. The van der Waals surface area contributed by atoms with Gasteiger partial charge in [-0.3, -0.25) is 4.79 Å². The summed E-state index contributed by atoms with van der Waals surface area (Å²) < 4.78 is 39.0. The monoisotopic (exact) mass is 442 g/mol. The summed E-state index contributed by atoms with van der Waals surface area (Å²) in [6.45, 7) is 5.72. The standard InChI is InChI=1S/C22H21F3N6O/c1-4-27-16(7-8-26)21(32)30-15-6-5-14(9-12(15)2)20-28-11-17-19(31-20)13(3)10-18(29-17)22(23,24)25/h5-11,26-27H,4H2,1-3H3,(H,30,32)/b16-7-,26-8?. The summed E-state index contributed by atoms with van der Waals surface area (Å²) in [5.41, 5.74) is 1.99. The van der Waals surface area contributed by atoms with E-state index in [1.165, 1.54) is 12.3 Å². The number of amides is 1. The van der Waals surface area contributed by atoms with E-state index in [1.807, 2.05) is 6.92 Å². The summed E-state index contributed by atoms with van der Waals surface area (Å²) in [6.07, 6.45) is -0.879. The lowest BCUT2D eigenvalue weighted by Crippen LogP contribution is -2.26. The molecule has 1 amide bonds. The Morgan fingerprint density at radius 3 is 2.53 bits per heavy atom. The number of nitrogens with zero attached hydrogens (tertiary/aromatic N) is 3. The van der Waals surface area contributed by atoms with Crippen LogP contribution in [-0.4, -0.2) is 33.6 Å². The Hall–Kier alpha value is -3.82. The molecule has 0 bridgehead atoms. The molecule has 0 saturated heterocycles. The van der Waals surface area contributed by atoms with Crippen LogP contribution in [0.2, 0.25) is 0 Å². The fourth-order valence-corrected chi connectivity index (χ4v) is 3.09. The Bertz CT molecular complexity index is 1220. The molecule has 3 N–H and O–H groups in total. The predicted octanol–water partition coefficient (Wildman–Crippen LogP) is 4.41. The minimum absolute atomic E-state index is 0.0654. The van der Waals surface area contributed by atoms with Crippen LogP contribution in [0.5, 0.6) is 0 Å². The Labute approximate surface area is 182 Å². The lowest BCUT2D eigenvalue weighted by molar-refractivity contribution is -0.141. The maximum absolute atomic E-state index is 13.0. The van der Waals surface area contributed by atoms with Crippen LogP contribution in [-0.2, 0) is 11.0 Å². The Morgan fingerprint density at radius 1 is 1.16 bits per heavy atom. The van der Waals surface area contributed by atoms with E-state index in [-0.39, 0.29) is 17.1 Å². The third kappa shape index (κ3) is 4.90. The van der Waals surface area contributed by atoms with Crippen molar-refractivity contribution in [3.05, 3.63) is 59.1 Å². The summed E-state index contributed by atoms with van der Waals surface area (Å²) >= 11 is 0. The molecule has 3 aromatic rings. The van der Waals surface area contributed by atoms with Crippen molar-refractivity contribution >= 4 is 28.8 Å². The van der Waals surface area contributed by atoms with Gasteiger partial charge in [-0.15, -0.1) is 0 Å². The van der Waals surface area contributed by atoms with Gasteiger partial charge in [0.2, 0.25) is 0 Å². The van der Waals surface area contributed by atoms with Gasteiger partial charge in [0.05, 0.1) is 11.7 Å². The van der Waals surface area contributed by atoms with Gasteiger partial charge in [-0.2, -0.15) is 13.2 Å². The molecule has 10 heteroatoms. The van der Waals surface area contributed by atoms with Crippen molar-refractivity contribution in [1.29, 1.82) is 5.41 Å². The minimum atomic E-state index is -4.55. The number of alkyl halides is 3. The topological polar surface area (TPSA) is 104 Å². The van der Waals surface area contributed by atoms with Gasteiger partial charge >= 0.3 is 6.18 Å². The van der Waals surface area contributed by atoms with Gasteiger partial charge in [-0.25, -0.2) is 15.0 Å². The number of benzene rings is 1. The second kappa shape index (κ2) is 9.13. The van der Waals surface area contributed by atoms with Crippen molar-refractivity contribution < 1.29 is 18.0 Å². The summed E-state index contributed by atoms with van der Waals surface area (Å²) in [5, 5.41) is 12.9. The van der Waals surface area contributed by atoms with Crippen molar-refractivity contribution in [3.8, 4) is 11.4 Å². The molecule has 0 aliphatic heterocycles. The molecule has 3 rings (SSSR count). The van der Waals surface area contributed by atoms with E-state index >= 15 is 0 Å². The zero-order chi connectivity index (χ0) is 23.5. The molecule has 0 aliphatic rings. The van der Waals surface area contributed by atoms with E-state index in [0.29, 0.717) is 34.7 Å². The van der Waals surface area contributed by atoms with Crippen LogP contribution < -0.4 is 10.6 Å². The van der Waals surface area contributed by atoms with Gasteiger partial charge in [0.1, 0.15) is 16.9 Å². The normalized spacial score (nSPS) is 12.0. The fraction of sp³-hybridized carbons (Fsp3) is 0.227. The molecule has 0 unspecified atom stereocenters. The van der Waals surface area contributed by atoms with Crippen molar-refractivity contribution in [1.82, 2.24) is 20.3 Å². The number of aryl methyl sites for hydroxylation is 2. The number of likely N-dealkylation sites (N-methyl/N-ethyl adjacent to an activating group) is 1. The van der Waals surface area contributed by atoms with Crippen LogP contribution in [0, 0.1) is 19.3 Å². The van der Waals surface area contributed by atoms with Gasteiger partial charge in [0, 0.05) is 24.0 Å². The number of rotatable bonds is 6. The van der Waals surface area contributed by atoms with Gasteiger partial charge in [0.25, 0.3) is 5.91 Å². The van der Waals surface area contributed by atoms with Crippen LogP contribution in [0.3, 0.4) is 0 Å². The molecule has 7 nitrogen and oxygen atoms in total. The first kappa shape index (κ1) is 22.9. The molecule has 0 radical (unpaired) electrons. The first-order valence-corrected chi connectivity index (χ1v) is 9.72. The number of aromatic nitrogens is 3. The molecular weight excluding hydrogens is 421 g/mol. The molecule has 0 atom stereocenters. The van der Waals surface area contributed by atoms with Crippen LogP contribution in [0.15, 0.2) is 42.2 Å². The van der Waals surface area contributed by atoms with Crippen molar-refractivity contribution in [2.24, 2.45) is 0 Å². The summed E-state index contributed by atoms with van der Waals surface area (Å²) in [5.74, 6) is -0.0458. The van der Waals surface area contributed by atoms with E-state index in [9.17, 15) is 18.0 Å². The highest BCUT2D eigenvalue weighted by atomic mass is 19.4. The average Bonchev–Trinajstić information content (AvgIpc) is 2.74. The Morgan fingerprint density at radius 2 is 1.91 bits per heavy atom. The van der Waals surface area contributed by atoms with Crippen LogP contribution in [0.25, 0.3) is 22.4 Å². The lowest BCUT2D eigenvalue weighted by atomic mass is 10.1. The highest BCUT2D eigenvalue weighted by Crippen LogP contribution is 2.31. The van der Waals surface area contributed by atoms with E-state index in [2.05, 4.69) is 25.6 Å². The minimum Gasteiger partial charge on any atom is -0.381 e. The molecule has 32 heavy (non-hydrogen) atoms. The van der Waals surface area contributed by atoms with Gasteiger partial charge in [-0.05, 0) is 62.2 Å². The molecular formula is C22H21F3N6O. The number of allylic oxidation sites excluding steroid dienone is 1. The molecule has 2 aromatic heterocycles. The van der Waals surface area contributed by atoms with Crippen LogP contribution in [0.4, 0.5) is 18.9 Å². The SMILES string of the molecule is CCN/C(=C\C=N)C(=O)Nc1ccc(-c2ncc3nc(C(F)(F)F)cc(C)c3n2)cc1C. The molecule has 0 saturated carbocycles. The van der Waals surface area contributed by atoms with E-state index < -0.39 is 11.9 Å². The number of nitrogens with one attached hydrogen (secondary N) is 3. The van der Waals surface area contributed by atoms with E-state index in [1.54, 1.807) is 32.0 Å². The third-order valence-corrected chi connectivity index (χ3v) is 4.62. The summed E-state index contributed by atoms with van der Waals surface area (Å²) in [7, 11) is 0. The average molecular weight is 442 g/mol. The Balaban J connectivity index is 1.91.